The maximum atomic E-state index is 13.4. The summed E-state index contributed by atoms with van der Waals surface area (Å²) in [6.07, 6.45) is 0. The molecule has 0 aliphatic carbocycles. The molecule has 0 atom stereocenters. The minimum Gasteiger partial charge on any atom is -0.497 e. The number of benzene rings is 3. The molecule has 5 nitrogen and oxygen atoms in total. The van der Waals surface area contributed by atoms with Crippen molar-refractivity contribution in [3.8, 4) is 5.75 Å². The van der Waals surface area contributed by atoms with Crippen molar-refractivity contribution in [1.82, 2.24) is 0 Å². The summed E-state index contributed by atoms with van der Waals surface area (Å²) < 4.78 is 10.5. The van der Waals surface area contributed by atoms with Crippen LogP contribution in [0.4, 0.5) is 11.4 Å². The van der Waals surface area contributed by atoms with Crippen LogP contribution in [0, 0.1) is 0 Å². The molecule has 1 aromatic heterocycles. The highest BCUT2D eigenvalue weighted by Gasteiger charge is 2.23. The van der Waals surface area contributed by atoms with Crippen molar-refractivity contribution in [2.45, 2.75) is 0 Å². The number of hydrogen-bond donors (Lipinski definition) is 0. The van der Waals surface area contributed by atoms with E-state index in [1.807, 2.05) is 36.4 Å². The zero-order chi connectivity index (χ0) is 19.5. The summed E-state index contributed by atoms with van der Waals surface area (Å²) in [7, 11) is 1.58. The van der Waals surface area contributed by atoms with Gasteiger partial charge in [0.15, 0.2) is 0 Å². The fraction of sp³-hybridized carbons (Fsp3) is 0.0435. The number of anilines is 2. The summed E-state index contributed by atoms with van der Waals surface area (Å²) in [5.74, 6) is 0.213. The molecule has 0 radical (unpaired) electrons. The largest absolute Gasteiger partial charge is 0.497 e. The van der Waals surface area contributed by atoms with Gasteiger partial charge < -0.3 is 9.15 Å². The van der Waals surface area contributed by atoms with Gasteiger partial charge in [0.1, 0.15) is 16.9 Å². The second-order valence-electron chi connectivity index (χ2n) is 6.16. The summed E-state index contributed by atoms with van der Waals surface area (Å²) in [5, 5.41) is 0.688. The van der Waals surface area contributed by atoms with Gasteiger partial charge >= 0.3 is 5.63 Å². The van der Waals surface area contributed by atoms with Gasteiger partial charge in [-0.15, -0.1) is 0 Å². The number of carbonyl (C=O) groups is 1. The van der Waals surface area contributed by atoms with E-state index in [0.29, 0.717) is 28.1 Å². The average molecular weight is 371 g/mol. The minimum atomic E-state index is -0.668. The van der Waals surface area contributed by atoms with E-state index in [9.17, 15) is 9.59 Å². The van der Waals surface area contributed by atoms with Crippen LogP contribution in [0.2, 0.25) is 0 Å². The monoisotopic (exact) mass is 371 g/mol. The second-order valence-corrected chi connectivity index (χ2v) is 6.16. The van der Waals surface area contributed by atoms with E-state index in [4.69, 9.17) is 9.15 Å². The third kappa shape index (κ3) is 3.25. The molecule has 1 amide bonds. The van der Waals surface area contributed by atoms with Crippen LogP contribution < -0.4 is 15.3 Å². The fourth-order valence-electron chi connectivity index (χ4n) is 3.02. The van der Waals surface area contributed by atoms with Gasteiger partial charge in [0, 0.05) is 16.8 Å². The lowest BCUT2D eigenvalue weighted by molar-refractivity contribution is 0.0996. The summed E-state index contributed by atoms with van der Waals surface area (Å²) >= 11 is 0. The predicted molar refractivity (Wildman–Crippen MR) is 108 cm³/mol. The van der Waals surface area contributed by atoms with E-state index in [2.05, 4.69) is 0 Å². The number of hydrogen-bond acceptors (Lipinski definition) is 4. The Bertz CT molecular complexity index is 1180. The molecule has 5 heteroatoms. The van der Waals surface area contributed by atoms with Crippen molar-refractivity contribution in [2.24, 2.45) is 0 Å². The van der Waals surface area contributed by atoms with Crippen molar-refractivity contribution >= 4 is 28.3 Å². The topological polar surface area (TPSA) is 59.8 Å². The van der Waals surface area contributed by atoms with Gasteiger partial charge in [0.25, 0.3) is 5.91 Å². The Morgan fingerprint density at radius 1 is 0.857 bits per heavy atom. The van der Waals surface area contributed by atoms with Crippen molar-refractivity contribution in [3.63, 3.8) is 0 Å². The molecule has 0 bridgehead atoms. The number of methoxy groups -OCH3 is 1. The van der Waals surface area contributed by atoms with Gasteiger partial charge in [0.05, 0.1) is 7.11 Å². The summed E-state index contributed by atoms with van der Waals surface area (Å²) in [4.78, 5) is 27.4. The summed E-state index contributed by atoms with van der Waals surface area (Å²) in [5.41, 5.74) is 1.01. The van der Waals surface area contributed by atoms with E-state index in [1.165, 1.54) is 4.90 Å². The Labute approximate surface area is 161 Å². The van der Waals surface area contributed by atoms with E-state index < -0.39 is 11.5 Å². The maximum absolute atomic E-state index is 13.4. The predicted octanol–water partition coefficient (Wildman–Crippen LogP) is 4.78. The zero-order valence-corrected chi connectivity index (χ0v) is 15.2. The Morgan fingerprint density at radius 2 is 1.50 bits per heavy atom. The SMILES string of the molecule is COc1ccc(N(C(=O)c2cc3ccccc3oc2=O)c2ccccc2)cc1. The normalized spacial score (nSPS) is 10.6. The zero-order valence-electron chi connectivity index (χ0n) is 15.2. The third-order valence-electron chi connectivity index (χ3n) is 4.42. The molecular weight excluding hydrogens is 354 g/mol. The molecule has 28 heavy (non-hydrogen) atoms. The molecule has 0 saturated carbocycles. The first kappa shape index (κ1) is 17.5. The highest BCUT2D eigenvalue weighted by atomic mass is 16.5. The Hall–Kier alpha value is -3.86. The Morgan fingerprint density at radius 3 is 2.21 bits per heavy atom. The number of ether oxygens (including phenoxy) is 1. The quantitative estimate of drug-likeness (QED) is 0.485. The maximum Gasteiger partial charge on any atom is 0.349 e. The molecule has 3 aromatic carbocycles. The van der Waals surface area contributed by atoms with Crippen LogP contribution in [-0.4, -0.2) is 13.0 Å². The highest BCUT2D eigenvalue weighted by molar-refractivity contribution is 6.11. The van der Waals surface area contributed by atoms with Crippen LogP contribution in [0.3, 0.4) is 0 Å². The van der Waals surface area contributed by atoms with Crippen LogP contribution in [0.5, 0.6) is 5.75 Å². The first-order valence-corrected chi connectivity index (χ1v) is 8.74. The molecular formula is C23H17NO4. The van der Waals surface area contributed by atoms with Crippen LogP contribution in [-0.2, 0) is 0 Å². The number of fused-ring (bicyclic) bond motifs is 1. The number of carbonyl (C=O) groups excluding carboxylic acids is 1. The van der Waals surface area contributed by atoms with Crippen molar-refractivity contribution in [3.05, 3.63) is 101 Å². The van der Waals surface area contributed by atoms with E-state index >= 15 is 0 Å². The molecule has 138 valence electrons. The van der Waals surface area contributed by atoms with Crippen LogP contribution in [0.15, 0.2) is 94.1 Å². The van der Waals surface area contributed by atoms with E-state index in [-0.39, 0.29) is 5.56 Å². The van der Waals surface area contributed by atoms with Crippen LogP contribution in [0.25, 0.3) is 11.0 Å². The molecule has 0 saturated heterocycles. The average Bonchev–Trinajstić information content (AvgIpc) is 2.74. The molecule has 0 unspecified atom stereocenters. The van der Waals surface area contributed by atoms with Gasteiger partial charge in [-0.2, -0.15) is 0 Å². The third-order valence-corrected chi connectivity index (χ3v) is 4.42. The molecule has 4 rings (SSSR count). The van der Waals surface area contributed by atoms with Crippen molar-refractivity contribution in [1.29, 1.82) is 0 Å². The first-order chi connectivity index (χ1) is 13.7. The summed E-state index contributed by atoms with van der Waals surface area (Å²) in [6.45, 7) is 0. The van der Waals surface area contributed by atoms with Gasteiger partial charge in [-0.05, 0) is 48.5 Å². The number of rotatable bonds is 4. The van der Waals surface area contributed by atoms with Crippen molar-refractivity contribution < 1.29 is 13.9 Å². The van der Waals surface area contributed by atoms with Crippen molar-refractivity contribution in [2.75, 3.05) is 12.0 Å². The minimum absolute atomic E-state index is 0.0293. The number of para-hydroxylation sites is 2. The Balaban J connectivity index is 1.85. The second kappa shape index (κ2) is 7.40. The molecule has 0 N–H and O–H groups in total. The lowest BCUT2D eigenvalue weighted by Gasteiger charge is -2.23. The van der Waals surface area contributed by atoms with Crippen LogP contribution in [0.1, 0.15) is 10.4 Å². The molecule has 0 spiro atoms. The standard InChI is InChI=1S/C23H17NO4/c1-27-19-13-11-18(12-14-19)24(17-8-3-2-4-9-17)22(25)20-15-16-7-5-6-10-21(16)28-23(20)26/h2-15H,1H3. The van der Waals surface area contributed by atoms with Gasteiger partial charge in [-0.3, -0.25) is 9.69 Å². The number of amides is 1. The smallest absolute Gasteiger partial charge is 0.349 e. The molecule has 0 aliphatic rings. The number of nitrogens with zero attached hydrogens (tertiary/aromatic N) is 1. The lowest BCUT2D eigenvalue weighted by Crippen LogP contribution is -2.30. The van der Waals surface area contributed by atoms with Crippen LogP contribution >= 0.6 is 0 Å². The summed E-state index contributed by atoms with van der Waals surface area (Å²) in [6, 6.07) is 24.9. The first-order valence-electron chi connectivity index (χ1n) is 8.74. The fourth-order valence-corrected chi connectivity index (χ4v) is 3.02. The highest BCUT2D eigenvalue weighted by Crippen LogP contribution is 2.29. The van der Waals surface area contributed by atoms with E-state index in [1.54, 1.807) is 55.6 Å². The van der Waals surface area contributed by atoms with Gasteiger partial charge in [-0.25, -0.2) is 4.79 Å². The molecule has 4 aromatic rings. The van der Waals surface area contributed by atoms with E-state index in [0.717, 1.165) is 0 Å². The molecule has 0 fully saturated rings. The van der Waals surface area contributed by atoms with Gasteiger partial charge in [0.2, 0.25) is 0 Å². The lowest BCUT2D eigenvalue weighted by atomic mass is 10.1. The molecule has 0 aliphatic heterocycles. The van der Waals surface area contributed by atoms with Gasteiger partial charge in [-0.1, -0.05) is 36.4 Å². The molecule has 1 heterocycles. The Kier molecular flexibility index (Phi) is 4.64.